The molecule has 1 radical (unpaired) electrons. The summed E-state index contributed by atoms with van der Waals surface area (Å²) < 4.78 is 0. The second-order valence-corrected chi connectivity index (χ2v) is 3.67. The van der Waals surface area contributed by atoms with E-state index in [0.29, 0.717) is 0 Å². The molecular weight excluding hydrogens is 257 g/mol. The van der Waals surface area contributed by atoms with E-state index < -0.39 is 0 Å². The van der Waals surface area contributed by atoms with Crippen molar-refractivity contribution in [2.24, 2.45) is 0 Å². The molecule has 15 heavy (non-hydrogen) atoms. The summed E-state index contributed by atoms with van der Waals surface area (Å²) >= 11 is 0. The second kappa shape index (κ2) is 5.58. The predicted molar refractivity (Wildman–Crippen MR) is 60.2 cm³/mol. The molecule has 0 unspecified atom stereocenters. The van der Waals surface area contributed by atoms with Gasteiger partial charge in [0.2, 0.25) is 0 Å². The van der Waals surface area contributed by atoms with Gasteiger partial charge in [0.15, 0.2) is 0 Å². The summed E-state index contributed by atoms with van der Waals surface area (Å²) in [5.41, 5.74) is 5.17. The summed E-state index contributed by atoms with van der Waals surface area (Å²) in [6.07, 6.45) is 0. The Morgan fingerprint density at radius 1 is 0.800 bits per heavy atom. The Kier molecular flexibility index (Phi) is 4.69. The number of benzene rings is 2. The van der Waals surface area contributed by atoms with Crippen molar-refractivity contribution in [2.75, 3.05) is 0 Å². The summed E-state index contributed by atoms with van der Waals surface area (Å²) in [5.74, 6) is 0. The van der Waals surface area contributed by atoms with Gasteiger partial charge in [-0.3, -0.25) is 0 Å². The van der Waals surface area contributed by atoms with Crippen molar-refractivity contribution in [2.45, 2.75) is 13.8 Å². The van der Waals surface area contributed by atoms with Gasteiger partial charge >= 0.3 is 0 Å². The Morgan fingerprint density at radius 3 is 1.87 bits per heavy atom. The molecule has 2 aromatic carbocycles. The normalized spacial score (nSPS) is 9.47. The number of rotatable bonds is 1. The summed E-state index contributed by atoms with van der Waals surface area (Å²) in [6.45, 7) is 4.26. The van der Waals surface area contributed by atoms with Gasteiger partial charge in [-0.15, -0.1) is 5.56 Å². The van der Waals surface area contributed by atoms with Crippen LogP contribution in [0.3, 0.4) is 0 Å². The molecule has 2 rings (SSSR count). The molecule has 0 aromatic heterocycles. The Morgan fingerprint density at radius 2 is 1.33 bits per heavy atom. The SMILES string of the molecule is Cc1cc(C)cc(-c2cc[c-]cc2)c1.[Y]. The number of aryl methyl sites for hydroxylation is 2. The van der Waals surface area contributed by atoms with Crippen molar-refractivity contribution in [3.05, 3.63) is 59.7 Å². The van der Waals surface area contributed by atoms with Crippen LogP contribution in [0, 0.1) is 19.9 Å². The Bertz CT molecular complexity index is 412. The molecule has 0 bridgehead atoms. The molecule has 0 nitrogen and oxygen atoms in total. The average molecular weight is 270 g/mol. The quantitative estimate of drug-likeness (QED) is 0.692. The average Bonchev–Trinajstić information content (AvgIpc) is 2.18. The minimum absolute atomic E-state index is 0. The zero-order valence-electron chi connectivity index (χ0n) is 9.12. The molecule has 0 saturated heterocycles. The van der Waals surface area contributed by atoms with Crippen molar-refractivity contribution >= 4 is 0 Å². The molecule has 2 aromatic rings. The standard InChI is InChI=1S/C14H13.Y/c1-11-8-12(2)10-14(9-11)13-6-4-3-5-7-13;/h4-10H,1-2H3;/q-1;. The van der Waals surface area contributed by atoms with Crippen LogP contribution in [0.4, 0.5) is 0 Å². The molecule has 0 amide bonds. The molecule has 0 fully saturated rings. The van der Waals surface area contributed by atoms with Crippen LogP contribution in [0.25, 0.3) is 11.1 Å². The number of hydrogen-bond acceptors (Lipinski definition) is 0. The van der Waals surface area contributed by atoms with Gasteiger partial charge in [-0.25, -0.2) is 0 Å². The Labute approximate surface area is 117 Å². The van der Waals surface area contributed by atoms with Crippen molar-refractivity contribution < 1.29 is 32.7 Å². The molecule has 0 aliphatic heterocycles. The maximum absolute atomic E-state index is 3.03. The molecule has 0 aliphatic rings. The fourth-order valence-electron chi connectivity index (χ4n) is 1.72. The molecule has 0 spiro atoms. The topological polar surface area (TPSA) is 0 Å². The van der Waals surface area contributed by atoms with Crippen LogP contribution in [0.1, 0.15) is 11.1 Å². The first-order valence-electron chi connectivity index (χ1n) is 4.80. The Balaban J connectivity index is 0.00000112. The van der Waals surface area contributed by atoms with E-state index in [4.69, 9.17) is 0 Å². The van der Waals surface area contributed by atoms with E-state index >= 15 is 0 Å². The first-order valence-corrected chi connectivity index (χ1v) is 4.80. The van der Waals surface area contributed by atoms with Crippen molar-refractivity contribution in [3.63, 3.8) is 0 Å². The minimum Gasteiger partial charge on any atom is -0.184 e. The third kappa shape index (κ3) is 3.26. The monoisotopic (exact) mass is 270 g/mol. The zero-order chi connectivity index (χ0) is 9.97. The fraction of sp³-hybridized carbons (Fsp3) is 0.143. The largest absolute Gasteiger partial charge is 0.184 e. The van der Waals surface area contributed by atoms with Gasteiger partial charge in [0.05, 0.1) is 0 Å². The molecule has 73 valence electrons. The van der Waals surface area contributed by atoms with Crippen molar-refractivity contribution in [1.82, 2.24) is 0 Å². The van der Waals surface area contributed by atoms with Crippen LogP contribution in [-0.4, -0.2) is 0 Å². The summed E-state index contributed by atoms with van der Waals surface area (Å²) in [7, 11) is 0. The molecular formula is C14H13Y-. The van der Waals surface area contributed by atoms with Crippen LogP contribution >= 0.6 is 0 Å². The zero-order valence-corrected chi connectivity index (χ0v) is 12.0. The van der Waals surface area contributed by atoms with Gasteiger partial charge in [0, 0.05) is 32.7 Å². The van der Waals surface area contributed by atoms with E-state index in [9.17, 15) is 0 Å². The van der Waals surface area contributed by atoms with E-state index in [1.165, 1.54) is 22.3 Å². The summed E-state index contributed by atoms with van der Waals surface area (Å²) in [4.78, 5) is 0. The summed E-state index contributed by atoms with van der Waals surface area (Å²) in [6, 6.07) is 17.7. The van der Waals surface area contributed by atoms with Crippen LogP contribution in [0.5, 0.6) is 0 Å². The second-order valence-electron chi connectivity index (χ2n) is 3.67. The van der Waals surface area contributed by atoms with Gasteiger partial charge in [0.25, 0.3) is 0 Å². The van der Waals surface area contributed by atoms with Gasteiger partial charge in [0.1, 0.15) is 0 Å². The van der Waals surface area contributed by atoms with Crippen molar-refractivity contribution in [3.8, 4) is 11.1 Å². The van der Waals surface area contributed by atoms with E-state index in [-0.39, 0.29) is 32.7 Å². The van der Waals surface area contributed by atoms with Crippen LogP contribution < -0.4 is 0 Å². The first kappa shape index (κ1) is 12.6. The maximum Gasteiger partial charge on any atom is 0 e. The first-order chi connectivity index (χ1) is 6.75. The number of hydrogen-bond donors (Lipinski definition) is 0. The van der Waals surface area contributed by atoms with Gasteiger partial charge < -0.3 is 0 Å². The predicted octanol–water partition coefficient (Wildman–Crippen LogP) is 3.77. The van der Waals surface area contributed by atoms with Gasteiger partial charge in [-0.2, -0.15) is 30.3 Å². The molecule has 0 aliphatic carbocycles. The summed E-state index contributed by atoms with van der Waals surface area (Å²) in [5, 5.41) is 0. The van der Waals surface area contributed by atoms with Crippen LogP contribution in [-0.2, 0) is 32.7 Å². The van der Waals surface area contributed by atoms with E-state index in [1.807, 2.05) is 12.1 Å². The molecule has 0 atom stereocenters. The minimum atomic E-state index is 0. The fourth-order valence-corrected chi connectivity index (χ4v) is 1.72. The van der Waals surface area contributed by atoms with E-state index in [1.54, 1.807) is 0 Å². The molecule has 0 saturated carbocycles. The smallest absolute Gasteiger partial charge is 0 e. The van der Waals surface area contributed by atoms with Gasteiger partial charge in [-0.05, 0) is 19.4 Å². The third-order valence-electron chi connectivity index (χ3n) is 2.27. The van der Waals surface area contributed by atoms with Crippen LogP contribution in [0.15, 0.2) is 42.5 Å². The maximum atomic E-state index is 3.03. The van der Waals surface area contributed by atoms with Crippen LogP contribution in [0.2, 0.25) is 0 Å². The van der Waals surface area contributed by atoms with Gasteiger partial charge in [-0.1, -0.05) is 29.3 Å². The van der Waals surface area contributed by atoms with E-state index in [0.717, 1.165) is 0 Å². The Hall–Kier alpha value is -0.456. The molecule has 1 heteroatoms. The molecule has 0 heterocycles. The molecule has 0 N–H and O–H groups in total. The van der Waals surface area contributed by atoms with Crippen molar-refractivity contribution in [1.29, 1.82) is 0 Å². The third-order valence-corrected chi connectivity index (χ3v) is 2.27. The van der Waals surface area contributed by atoms with E-state index in [2.05, 4.69) is 50.2 Å².